The zero-order chi connectivity index (χ0) is 16.7. The fourth-order valence-electron chi connectivity index (χ4n) is 3.49. The van der Waals surface area contributed by atoms with E-state index < -0.39 is 0 Å². The second-order valence-electron chi connectivity index (χ2n) is 7.34. The molecular weight excluding hydrogens is 288 g/mol. The first-order valence-electron chi connectivity index (χ1n) is 9.74. The summed E-state index contributed by atoms with van der Waals surface area (Å²) in [6, 6.07) is 0.260. The molecule has 1 N–H and O–H groups in total. The number of carbonyl (C=O) groups excluding carboxylic acids is 2. The number of rotatable bonds is 9. The van der Waals surface area contributed by atoms with Gasteiger partial charge in [-0.25, -0.2) is 0 Å². The van der Waals surface area contributed by atoms with E-state index in [2.05, 4.69) is 19.2 Å². The van der Waals surface area contributed by atoms with Crippen LogP contribution in [0.15, 0.2) is 0 Å². The van der Waals surface area contributed by atoms with Gasteiger partial charge < -0.3 is 10.2 Å². The minimum atomic E-state index is 0.165. The predicted molar refractivity (Wildman–Crippen MR) is 93.0 cm³/mol. The average Bonchev–Trinajstić information content (AvgIpc) is 3.40. The van der Waals surface area contributed by atoms with E-state index in [-0.39, 0.29) is 17.9 Å². The molecule has 0 aromatic heterocycles. The summed E-state index contributed by atoms with van der Waals surface area (Å²) in [6.07, 6.45) is 10.8. The third-order valence-corrected chi connectivity index (χ3v) is 5.35. The molecule has 0 bridgehead atoms. The van der Waals surface area contributed by atoms with Crippen LogP contribution in [0.25, 0.3) is 0 Å². The zero-order valence-electron chi connectivity index (χ0n) is 15.0. The van der Waals surface area contributed by atoms with Gasteiger partial charge in [-0.15, -0.1) is 0 Å². The maximum Gasteiger partial charge on any atom is 0.225 e. The maximum atomic E-state index is 12.4. The first kappa shape index (κ1) is 18.3. The lowest BCUT2D eigenvalue weighted by Crippen LogP contribution is -2.48. The van der Waals surface area contributed by atoms with Crippen LogP contribution < -0.4 is 5.32 Å². The number of likely N-dealkylation sites (tertiary alicyclic amines) is 1. The van der Waals surface area contributed by atoms with E-state index in [0.29, 0.717) is 11.8 Å². The first-order valence-corrected chi connectivity index (χ1v) is 9.74. The van der Waals surface area contributed by atoms with E-state index in [0.717, 1.165) is 58.0 Å². The Labute approximate surface area is 141 Å². The van der Waals surface area contributed by atoms with Gasteiger partial charge in [0.1, 0.15) is 0 Å². The highest BCUT2D eigenvalue weighted by Crippen LogP contribution is 2.31. The SMILES string of the molecule is CCCCCC[C@H](CC)C(=O)NC1CCN(C(=O)C2CC2)CC1. The van der Waals surface area contributed by atoms with Gasteiger partial charge in [0.2, 0.25) is 11.8 Å². The maximum absolute atomic E-state index is 12.4. The van der Waals surface area contributed by atoms with Gasteiger partial charge in [-0.3, -0.25) is 9.59 Å². The standard InChI is InChI=1S/C19H34N2O2/c1-3-5-6-7-8-15(4-2)18(22)20-17-11-13-21(14-12-17)19(23)16-9-10-16/h15-17H,3-14H2,1-2H3,(H,20,22)/t15-/m0/s1. The fraction of sp³-hybridized carbons (Fsp3) is 0.895. The Hall–Kier alpha value is -1.06. The van der Waals surface area contributed by atoms with Gasteiger partial charge in [0, 0.05) is 31.0 Å². The van der Waals surface area contributed by atoms with Crippen molar-refractivity contribution < 1.29 is 9.59 Å². The number of amides is 2. The molecule has 1 aliphatic heterocycles. The monoisotopic (exact) mass is 322 g/mol. The molecule has 0 spiro atoms. The highest BCUT2D eigenvalue weighted by Gasteiger charge is 2.35. The normalized spacial score (nSPS) is 20.3. The molecule has 2 aliphatic rings. The van der Waals surface area contributed by atoms with E-state index in [1.54, 1.807) is 0 Å². The average molecular weight is 322 g/mol. The molecule has 0 radical (unpaired) electrons. The summed E-state index contributed by atoms with van der Waals surface area (Å²) in [5, 5.41) is 3.24. The van der Waals surface area contributed by atoms with Gasteiger partial charge in [0.05, 0.1) is 0 Å². The Bertz CT molecular complexity index is 385. The number of hydrogen-bond donors (Lipinski definition) is 1. The molecule has 2 amide bonds. The van der Waals surface area contributed by atoms with Crippen LogP contribution in [0.5, 0.6) is 0 Å². The van der Waals surface area contributed by atoms with Crippen LogP contribution in [0.3, 0.4) is 0 Å². The number of unbranched alkanes of at least 4 members (excludes halogenated alkanes) is 3. The van der Waals surface area contributed by atoms with Crippen LogP contribution in [0.2, 0.25) is 0 Å². The lowest BCUT2D eigenvalue weighted by atomic mass is 9.96. The lowest BCUT2D eigenvalue weighted by Gasteiger charge is -2.33. The van der Waals surface area contributed by atoms with Crippen LogP contribution in [0, 0.1) is 11.8 Å². The Morgan fingerprint density at radius 1 is 1.04 bits per heavy atom. The molecule has 0 aromatic rings. The summed E-state index contributed by atoms with van der Waals surface area (Å²) in [4.78, 5) is 26.5. The molecule has 1 atom stereocenters. The van der Waals surface area contributed by atoms with Crippen molar-refractivity contribution in [3.63, 3.8) is 0 Å². The number of nitrogens with zero attached hydrogens (tertiary/aromatic N) is 1. The quantitative estimate of drug-likeness (QED) is 0.661. The minimum Gasteiger partial charge on any atom is -0.353 e. The van der Waals surface area contributed by atoms with Crippen molar-refractivity contribution in [3.05, 3.63) is 0 Å². The number of hydrogen-bond acceptors (Lipinski definition) is 2. The summed E-state index contributed by atoms with van der Waals surface area (Å²) in [7, 11) is 0. The van der Waals surface area contributed by atoms with Crippen molar-refractivity contribution in [2.24, 2.45) is 11.8 Å². The van der Waals surface area contributed by atoms with E-state index >= 15 is 0 Å². The molecule has 132 valence electrons. The number of nitrogens with one attached hydrogen (secondary N) is 1. The summed E-state index contributed by atoms with van der Waals surface area (Å²) >= 11 is 0. The molecule has 4 nitrogen and oxygen atoms in total. The van der Waals surface area contributed by atoms with Crippen molar-refractivity contribution in [1.82, 2.24) is 10.2 Å². The summed E-state index contributed by atoms with van der Waals surface area (Å²) < 4.78 is 0. The summed E-state index contributed by atoms with van der Waals surface area (Å²) in [5.41, 5.74) is 0. The van der Waals surface area contributed by atoms with E-state index in [1.165, 1.54) is 19.3 Å². The smallest absolute Gasteiger partial charge is 0.225 e. The molecule has 1 saturated heterocycles. The molecule has 1 heterocycles. The van der Waals surface area contributed by atoms with Crippen molar-refractivity contribution >= 4 is 11.8 Å². The Morgan fingerprint density at radius 3 is 2.30 bits per heavy atom. The van der Waals surface area contributed by atoms with Gasteiger partial charge in [0.15, 0.2) is 0 Å². The summed E-state index contributed by atoms with van der Waals surface area (Å²) in [6.45, 7) is 5.95. The zero-order valence-corrected chi connectivity index (χ0v) is 15.0. The van der Waals surface area contributed by atoms with Gasteiger partial charge in [-0.2, -0.15) is 0 Å². The largest absolute Gasteiger partial charge is 0.353 e. The third-order valence-electron chi connectivity index (χ3n) is 5.35. The second kappa shape index (κ2) is 9.29. The molecule has 4 heteroatoms. The molecule has 2 rings (SSSR count). The highest BCUT2D eigenvalue weighted by molar-refractivity contribution is 5.81. The fourth-order valence-corrected chi connectivity index (χ4v) is 3.49. The molecule has 2 fully saturated rings. The van der Waals surface area contributed by atoms with Crippen molar-refractivity contribution in [2.75, 3.05) is 13.1 Å². The van der Waals surface area contributed by atoms with E-state index in [1.807, 2.05) is 4.90 Å². The van der Waals surface area contributed by atoms with Crippen LogP contribution >= 0.6 is 0 Å². The van der Waals surface area contributed by atoms with E-state index in [4.69, 9.17) is 0 Å². The molecule has 23 heavy (non-hydrogen) atoms. The second-order valence-corrected chi connectivity index (χ2v) is 7.34. The third kappa shape index (κ3) is 5.82. The van der Waals surface area contributed by atoms with Gasteiger partial charge in [-0.1, -0.05) is 39.5 Å². The van der Waals surface area contributed by atoms with Gasteiger partial charge in [0.25, 0.3) is 0 Å². The molecule has 0 aromatic carbocycles. The van der Waals surface area contributed by atoms with Gasteiger partial charge >= 0.3 is 0 Å². The Morgan fingerprint density at radius 2 is 1.74 bits per heavy atom. The van der Waals surface area contributed by atoms with Crippen molar-refractivity contribution in [3.8, 4) is 0 Å². The predicted octanol–water partition coefficient (Wildman–Crippen LogP) is 3.50. The number of carbonyl (C=O) groups is 2. The van der Waals surface area contributed by atoms with Crippen LogP contribution in [-0.4, -0.2) is 35.8 Å². The number of piperidine rings is 1. The van der Waals surface area contributed by atoms with Crippen LogP contribution in [-0.2, 0) is 9.59 Å². The summed E-state index contributed by atoms with van der Waals surface area (Å²) in [5.74, 6) is 1.06. The van der Waals surface area contributed by atoms with E-state index in [9.17, 15) is 9.59 Å². The topological polar surface area (TPSA) is 49.4 Å². The van der Waals surface area contributed by atoms with Crippen LogP contribution in [0.1, 0.15) is 78.1 Å². The Balaban J connectivity index is 1.67. The van der Waals surface area contributed by atoms with Crippen molar-refractivity contribution in [1.29, 1.82) is 0 Å². The van der Waals surface area contributed by atoms with Gasteiger partial charge in [-0.05, 0) is 38.5 Å². The molecule has 1 saturated carbocycles. The minimum absolute atomic E-state index is 0.165. The molecule has 0 unspecified atom stereocenters. The molecular formula is C19H34N2O2. The lowest BCUT2D eigenvalue weighted by molar-refractivity contribution is -0.133. The highest BCUT2D eigenvalue weighted by atomic mass is 16.2. The molecule has 1 aliphatic carbocycles. The first-order chi connectivity index (χ1) is 11.2. The Kier molecular flexibility index (Phi) is 7.38. The van der Waals surface area contributed by atoms with Crippen molar-refractivity contribution in [2.45, 2.75) is 84.1 Å². The van der Waals surface area contributed by atoms with Crippen LogP contribution in [0.4, 0.5) is 0 Å².